The van der Waals surface area contributed by atoms with E-state index in [1.54, 1.807) is 14.0 Å². The van der Waals surface area contributed by atoms with Crippen LogP contribution < -0.4 is 4.90 Å². The van der Waals surface area contributed by atoms with Crippen LogP contribution in [0.4, 0.5) is 5.13 Å². The van der Waals surface area contributed by atoms with Crippen molar-refractivity contribution in [1.82, 2.24) is 20.2 Å². The van der Waals surface area contributed by atoms with Crippen LogP contribution in [0.3, 0.4) is 0 Å². The van der Waals surface area contributed by atoms with E-state index in [1.807, 2.05) is 0 Å². The van der Waals surface area contributed by atoms with Gasteiger partial charge in [-0.1, -0.05) is 0 Å². The number of hydrogen-bond donors (Lipinski definition) is 2. The van der Waals surface area contributed by atoms with Crippen LogP contribution in [0.1, 0.15) is 58.2 Å². The Hall–Kier alpha value is -2.00. The number of aromatic amines is 1. The van der Waals surface area contributed by atoms with Crippen molar-refractivity contribution >= 4 is 22.4 Å². The Balaban J connectivity index is 1.65. The van der Waals surface area contributed by atoms with Gasteiger partial charge in [-0.15, -0.1) is 11.3 Å². The summed E-state index contributed by atoms with van der Waals surface area (Å²) in [7, 11) is 1.69. The van der Waals surface area contributed by atoms with Crippen LogP contribution in [0.5, 0.6) is 0 Å². The molecular formula is C15H19N5O3S. The summed E-state index contributed by atoms with van der Waals surface area (Å²) >= 11 is 1.39. The Labute approximate surface area is 142 Å². The van der Waals surface area contributed by atoms with Crippen molar-refractivity contribution in [2.75, 3.05) is 18.6 Å². The molecule has 0 aromatic carbocycles. The summed E-state index contributed by atoms with van der Waals surface area (Å²) < 4.78 is 5.52. The van der Waals surface area contributed by atoms with Crippen molar-refractivity contribution in [3.8, 4) is 0 Å². The van der Waals surface area contributed by atoms with Crippen LogP contribution in [0, 0.1) is 6.92 Å². The molecule has 8 nitrogen and oxygen atoms in total. The third kappa shape index (κ3) is 2.67. The van der Waals surface area contributed by atoms with Crippen LogP contribution in [0.15, 0.2) is 0 Å². The van der Waals surface area contributed by atoms with Gasteiger partial charge in [-0.25, -0.2) is 14.8 Å². The molecule has 3 heterocycles. The molecule has 2 atom stereocenters. The zero-order chi connectivity index (χ0) is 16.8. The minimum atomic E-state index is -0.996. The Morgan fingerprint density at radius 1 is 1.42 bits per heavy atom. The molecule has 2 aromatic rings. The quantitative estimate of drug-likeness (QED) is 0.852. The fraction of sp³-hybridized carbons (Fsp3) is 0.600. The SMILES string of the molecule is CO[C@@H]1C[C@@H](c2nc(C3CC3)n[nH]2)N(c2nc(C(=O)O)c(C)s2)C1. The van der Waals surface area contributed by atoms with Crippen LogP contribution >= 0.6 is 11.3 Å². The lowest BCUT2D eigenvalue weighted by atomic mass is 10.2. The van der Waals surface area contributed by atoms with Gasteiger partial charge in [-0.3, -0.25) is 5.10 Å². The van der Waals surface area contributed by atoms with E-state index in [1.165, 1.54) is 11.3 Å². The summed E-state index contributed by atoms with van der Waals surface area (Å²) in [6.45, 7) is 2.44. The predicted octanol–water partition coefficient (Wildman–Crippen LogP) is 2.11. The molecule has 9 heteroatoms. The van der Waals surface area contributed by atoms with E-state index in [-0.39, 0.29) is 17.8 Å². The van der Waals surface area contributed by atoms with Crippen molar-refractivity contribution in [1.29, 1.82) is 0 Å². The number of H-pyrrole nitrogens is 1. The van der Waals surface area contributed by atoms with Gasteiger partial charge in [0.25, 0.3) is 0 Å². The van der Waals surface area contributed by atoms with E-state index >= 15 is 0 Å². The summed E-state index contributed by atoms with van der Waals surface area (Å²) in [6.07, 6.45) is 3.14. The Morgan fingerprint density at radius 2 is 2.21 bits per heavy atom. The average molecular weight is 349 g/mol. The molecule has 24 heavy (non-hydrogen) atoms. The molecular weight excluding hydrogens is 330 g/mol. The minimum Gasteiger partial charge on any atom is -0.476 e. The predicted molar refractivity (Wildman–Crippen MR) is 87.7 cm³/mol. The van der Waals surface area contributed by atoms with Crippen molar-refractivity contribution in [2.45, 2.75) is 44.2 Å². The van der Waals surface area contributed by atoms with E-state index in [2.05, 4.69) is 25.1 Å². The number of rotatable bonds is 5. The number of nitrogens with one attached hydrogen (secondary N) is 1. The first-order valence-corrected chi connectivity index (χ1v) is 8.80. The number of methoxy groups -OCH3 is 1. The summed E-state index contributed by atoms with van der Waals surface area (Å²) in [5, 5.41) is 17.3. The molecule has 0 radical (unpaired) electrons. The smallest absolute Gasteiger partial charge is 0.355 e. The fourth-order valence-corrected chi connectivity index (χ4v) is 4.06. The molecule has 1 saturated carbocycles. The van der Waals surface area contributed by atoms with Crippen molar-refractivity contribution < 1.29 is 14.6 Å². The van der Waals surface area contributed by atoms with Gasteiger partial charge < -0.3 is 14.7 Å². The number of aromatic nitrogens is 4. The molecule has 2 N–H and O–H groups in total. The van der Waals surface area contributed by atoms with Crippen molar-refractivity contribution in [3.63, 3.8) is 0 Å². The third-order valence-corrected chi connectivity index (χ3v) is 5.62. The number of hydrogen-bond acceptors (Lipinski definition) is 7. The number of aryl methyl sites for hydroxylation is 1. The highest BCUT2D eigenvalue weighted by molar-refractivity contribution is 7.15. The summed E-state index contributed by atoms with van der Waals surface area (Å²) in [4.78, 5) is 23.0. The number of aromatic carboxylic acids is 1. The summed E-state index contributed by atoms with van der Waals surface area (Å²) in [5.41, 5.74) is 0.117. The summed E-state index contributed by atoms with van der Waals surface area (Å²) in [6, 6.07) is -0.0258. The zero-order valence-electron chi connectivity index (χ0n) is 13.5. The van der Waals surface area contributed by atoms with Crippen LogP contribution in [-0.4, -0.2) is 51.0 Å². The normalized spacial score (nSPS) is 23.8. The molecule has 2 aromatic heterocycles. The highest BCUT2D eigenvalue weighted by Gasteiger charge is 2.38. The highest BCUT2D eigenvalue weighted by Crippen LogP contribution is 2.41. The number of carboxylic acids is 1. The zero-order valence-corrected chi connectivity index (χ0v) is 14.3. The van der Waals surface area contributed by atoms with Crippen molar-refractivity contribution in [3.05, 3.63) is 22.2 Å². The monoisotopic (exact) mass is 349 g/mol. The topological polar surface area (TPSA) is 104 Å². The largest absolute Gasteiger partial charge is 0.476 e. The number of ether oxygens (including phenoxy) is 1. The van der Waals surface area contributed by atoms with Gasteiger partial charge in [-0.2, -0.15) is 5.10 Å². The maximum absolute atomic E-state index is 11.3. The van der Waals surface area contributed by atoms with E-state index in [0.29, 0.717) is 22.5 Å². The molecule has 1 saturated heterocycles. The Kier molecular flexibility index (Phi) is 3.76. The molecule has 1 aliphatic carbocycles. The Morgan fingerprint density at radius 3 is 2.83 bits per heavy atom. The lowest BCUT2D eigenvalue weighted by Crippen LogP contribution is -2.25. The number of anilines is 1. The van der Waals surface area contributed by atoms with E-state index in [0.717, 1.165) is 30.9 Å². The minimum absolute atomic E-state index is 0.0258. The standard InChI is InChI=1S/C15H19N5O3S/c1-7-11(14(21)22)16-15(24-7)20-6-9(23-2)5-10(20)13-17-12(18-19-13)8-3-4-8/h8-10H,3-6H2,1-2H3,(H,21,22)(H,17,18,19)/t9-,10+/m1/s1. The first-order valence-electron chi connectivity index (χ1n) is 7.99. The van der Waals surface area contributed by atoms with E-state index < -0.39 is 5.97 Å². The lowest BCUT2D eigenvalue weighted by Gasteiger charge is -2.21. The molecule has 0 spiro atoms. The highest BCUT2D eigenvalue weighted by atomic mass is 32.1. The van der Waals surface area contributed by atoms with Gasteiger partial charge in [-0.05, 0) is 19.8 Å². The molecule has 0 amide bonds. The molecule has 2 fully saturated rings. The second-order valence-corrected chi connectivity index (χ2v) is 7.50. The van der Waals surface area contributed by atoms with Crippen LogP contribution in [0.2, 0.25) is 0 Å². The second kappa shape index (κ2) is 5.82. The maximum Gasteiger partial charge on any atom is 0.355 e. The first kappa shape index (κ1) is 15.5. The summed E-state index contributed by atoms with van der Waals surface area (Å²) in [5.74, 6) is 1.18. The number of carbonyl (C=O) groups is 1. The molecule has 4 rings (SSSR count). The van der Waals surface area contributed by atoms with Gasteiger partial charge >= 0.3 is 5.97 Å². The molecule has 0 bridgehead atoms. The van der Waals surface area contributed by atoms with Gasteiger partial charge in [0.05, 0.1) is 12.1 Å². The van der Waals surface area contributed by atoms with Crippen molar-refractivity contribution in [2.24, 2.45) is 0 Å². The van der Waals surface area contributed by atoms with Gasteiger partial charge in [0, 0.05) is 30.9 Å². The first-order chi connectivity index (χ1) is 11.6. The van der Waals surface area contributed by atoms with Crippen LogP contribution in [-0.2, 0) is 4.74 Å². The van der Waals surface area contributed by atoms with Crippen LogP contribution in [0.25, 0.3) is 0 Å². The third-order valence-electron chi connectivity index (χ3n) is 4.61. The molecule has 0 unspecified atom stereocenters. The van der Waals surface area contributed by atoms with Gasteiger partial charge in [0.1, 0.15) is 5.82 Å². The van der Waals surface area contributed by atoms with E-state index in [9.17, 15) is 9.90 Å². The average Bonchev–Trinajstić information content (AvgIpc) is 3.00. The van der Waals surface area contributed by atoms with E-state index in [4.69, 9.17) is 4.74 Å². The lowest BCUT2D eigenvalue weighted by molar-refractivity contribution is 0.0690. The number of carboxylic acid groups (broad SMARTS) is 1. The van der Waals surface area contributed by atoms with Gasteiger partial charge in [0.15, 0.2) is 16.6 Å². The molecule has 128 valence electrons. The van der Waals surface area contributed by atoms with Gasteiger partial charge in [0.2, 0.25) is 0 Å². The molecule has 1 aliphatic heterocycles. The number of nitrogens with zero attached hydrogens (tertiary/aromatic N) is 4. The number of thiazole rings is 1. The fourth-order valence-electron chi connectivity index (χ4n) is 3.10. The second-order valence-electron chi connectivity index (χ2n) is 6.32. The molecule has 2 aliphatic rings. The maximum atomic E-state index is 11.3. The Bertz CT molecular complexity index is 769.